The van der Waals surface area contributed by atoms with Gasteiger partial charge in [-0.3, -0.25) is 19.6 Å². The first kappa shape index (κ1) is 18.0. The largest absolute Gasteiger partial charge is 0.272 e. The molecule has 2 aliphatic rings. The van der Waals surface area contributed by atoms with E-state index in [-0.39, 0.29) is 17.9 Å². The molecule has 1 aliphatic carbocycles. The van der Waals surface area contributed by atoms with E-state index in [1.54, 1.807) is 23.7 Å². The first-order valence-electron chi connectivity index (χ1n) is 9.72. The van der Waals surface area contributed by atoms with Crippen LogP contribution in [0.3, 0.4) is 0 Å². The quantitative estimate of drug-likeness (QED) is 0.826. The van der Waals surface area contributed by atoms with Crippen LogP contribution in [-0.2, 0) is 16.1 Å². The molecular formula is C20H25N5O2. The lowest BCUT2D eigenvalue weighted by molar-refractivity contribution is -0.183. The maximum atomic E-state index is 13.0. The lowest BCUT2D eigenvalue weighted by atomic mass is 9.79. The summed E-state index contributed by atoms with van der Waals surface area (Å²) in [4.78, 5) is 27.2. The summed E-state index contributed by atoms with van der Waals surface area (Å²) >= 11 is 0. The highest BCUT2D eigenvalue weighted by Crippen LogP contribution is 2.36. The van der Waals surface area contributed by atoms with E-state index in [1.807, 2.05) is 13.0 Å². The number of nitrogens with zero attached hydrogens (tertiary/aromatic N) is 5. The molecular weight excluding hydrogens is 342 g/mol. The van der Waals surface area contributed by atoms with Gasteiger partial charge in [0.15, 0.2) is 0 Å². The molecule has 0 N–H and O–H groups in total. The van der Waals surface area contributed by atoms with Crippen molar-refractivity contribution in [2.45, 2.75) is 51.5 Å². The van der Waals surface area contributed by atoms with Crippen LogP contribution >= 0.6 is 0 Å². The second-order valence-electron chi connectivity index (χ2n) is 7.52. The van der Waals surface area contributed by atoms with Gasteiger partial charge in [0.1, 0.15) is 6.04 Å². The molecule has 0 unspecified atom stereocenters. The molecule has 3 heterocycles. The first-order valence-corrected chi connectivity index (χ1v) is 9.72. The Bertz CT molecular complexity index is 760. The Balaban J connectivity index is 1.33. The molecule has 1 atom stereocenters. The number of hydrogen-bond acceptors (Lipinski definition) is 6. The molecule has 4 rings (SSSR count). The van der Waals surface area contributed by atoms with Crippen molar-refractivity contribution >= 4 is 5.91 Å². The van der Waals surface area contributed by atoms with Crippen molar-refractivity contribution in [3.05, 3.63) is 47.8 Å². The third-order valence-electron chi connectivity index (χ3n) is 5.59. The van der Waals surface area contributed by atoms with Gasteiger partial charge in [0.2, 0.25) is 5.91 Å². The van der Waals surface area contributed by atoms with Crippen LogP contribution in [0.25, 0.3) is 0 Å². The summed E-state index contributed by atoms with van der Waals surface area (Å²) in [5.74, 6) is 0.695. The Morgan fingerprint density at radius 3 is 2.70 bits per heavy atom. The Hall–Kier alpha value is -2.41. The van der Waals surface area contributed by atoms with Crippen LogP contribution in [0.4, 0.5) is 0 Å². The summed E-state index contributed by atoms with van der Waals surface area (Å²) in [7, 11) is 0. The standard InChI is InChI=1S/C20H25N5O2/c1-14-2-7-17(24-23-14)12-15-3-5-16(6-4-15)20(26)25-19(8-11-27-25)18-13-21-9-10-22-18/h2,7,9-10,13,15-16,19H,3-6,8,11-12H2,1H3/t15?,16?,19-/m0/s1. The zero-order valence-corrected chi connectivity index (χ0v) is 15.6. The van der Waals surface area contributed by atoms with Gasteiger partial charge in [0.05, 0.1) is 29.9 Å². The Morgan fingerprint density at radius 1 is 1.15 bits per heavy atom. The van der Waals surface area contributed by atoms with E-state index in [0.717, 1.165) is 55.6 Å². The molecule has 1 aliphatic heterocycles. The molecule has 0 bridgehead atoms. The second-order valence-corrected chi connectivity index (χ2v) is 7.52. The smallest absolute Gasteiger partial charge is 0.249 e. The summed E-state index contributed by atoms with van der Waals surface area (Å²) in [5, 5.41) is 9.97. The molecule has 2 aromatic heterocycles. The average Bonchev–Trinajstić information content (AvgIpc) is 3.20. The minimum atomic E-state index is -0.119. The molecule has 7 heteroatoms. The molecule has 27 heavy (non-hydrogen) atoms. The number of carbonyl (C=O) groups excluding carboxylic acids is 1. The highest BCUT2D eigenvalue weighted by molar-refractivity contribution is 5.78. The van der Waals surface area contributed by atoms with Crippen LogP contribution in [0.15, 0.2) is 30.7 Å². The van der Waals surface area contributed by atoms with E-state index in [2.05, 4.69) is 26.2 Å². The molecule has 2 fully saturated rings. The minimum Gasteiger partial charge on any atom is -0.272 e. The molecule has 1 amide bonds. The predicted molar refractivity (Wildman–Crippen MR) is 98.1 cm³/mol. The predicted octanol–water partition coefficient (Wildman–Crippen LogP) is 2.83. The zero-order valence-electron chi connectivity index (χ0n) is 15.6. The number of carbonyl (C=O) groups is 1. The van der Waals surface area contributed by atoms with Gasteiger partial charge in [0, 0.05) is 24.7 Å². The summed E-state index contributed by atoms with van der Waals surface area (Å²) in [5.41, 5.74) is 2.78. The SMILES string of the molecule is Cc1ccc(CC2CCC(C(=O)N3OCC[C@H]3c3cnccn3)CC2)nn1. The molecule has 0 aromatic carbocycles. The molecule has 7 nitrogen and oxygen atoms in total. The van der Waals surface area contributed by atoms with Crippen LogP contribution < -0.4 is 0 Å². The number of rotatable bonds is 4. The van der Waals surface area contributed by atoms with E-state index in [1.165, 1.54) is 0 Å². The van der Waals surface area contributed by atoms with Crippen LogP contribution in [0.2, 0.25) is 0 Å². The number of aryl methyl sites for hydroxylation is 1. The van der Waals surface area contributed by atoms with Gasteiger partial charge in [-0.05, 0) is 57.1 Å². The highest BCUT2D eigenvalue weighted by atomic mass is 16.7. The highest BCUT2D eigenvalue weighted by Gasteiger charge is 2.37. The fourth-order valence-electron chi connectivity index (χ4n) is 4.06. The van der Waals surface area contributed by atoms with Gasteiger partial charge in [-0.1, -0.05) is 0 Å². The van der Waals surface area contributed by atoms with Crippen LogP contribution in [0, 0.1) is 18.8 Å². The van der Waals surface area contributed by atoms with Crippen LogP contribution in [0.1, 0.15) is 55.2 Å². The summed E-state index contributed by atoms with van der Waals surface area (Å²) in [6.45, 7) is 2.50. The average molecular weight is 367 g/mol. The second kappa shape index (κ2) is 8.08. The van der Waals surface area contributed by atoms with Crippen molar-refractivity contribution in [3.8, 4) is 0 Å². The number of hydroxylamine groups is 2. The van der Waals surface area contributed by atoms with Gasteiger partial charge in [-0.25, -0.2) is 5.06 Å². The maximum Gasteiger partial charge on any atom is 0.249 e. The molecule has 1 saturated heterocycles. The third kappa shape index (κ3) is 4.13. The topological polar surface area (TPSA) is 81.1 Å². The summed E-state index contributed by atoms with van der Waals surface area (Å²) < 4.78 is 0. The zero-order chi connectivity index (χ0) is 18.6. The third-order valence-corrected chi connectivity index (χ3v) is 5.59. The van der Waals surface area contributed by atoms with E-state index < -0.39 is 0 Å². The van der Waals surface area contributed by atoms with E-state index in [9.17, 15) is 4.79 Å². The van der Waals surface area contributed by atoms with Crippen molar-refractivity contribution < 1.29 is 9.63 Å². The van der Waals surface area contributed by atoms with Crippen LogP contribution in [0.5, 0.6) is 0 Å². The minimum absolute atomic E-state index is 0.0302. The van der Waals surface area contributed by atoms with Gasteiger partial charge in [0.25, 0.3) is 0 Å². The Labute approximate surface area is 159 Å². The van der Waals surface area contributed by atoms with Gasteiger partial charge in [-0.2, -0.15) is 10.2 Å². The number of aromatic nitrogens is 4. The van der Waals surface area contributed by atoms with Gasteiger partial charge in [-0.15, -0.1) is 0 Å². The van der Waals surface area contributed by atoms with Gasteiger partial charge < -0.3 is 0 Å². The fourth-order valence-corrected chi connectivity index (χ4v) is 4.06. The van der Waals surface area contributed by atoms with Gasteiger partial charge >= 0.3 is 0 Å². The van der Waals surface area contributed by atoms with E-state index in [4.69, 9.17) is 4.84 Å². The first-order chi connectivity index (χ1) is 13.2. The summed E-state index contributed by atoms with van der Waals surface area (Å²) in [6.07, 6.45) is 10.6. The molecule has 2 aromatic rings. The van der Waals surface area contributed by atoms with Crippen LogP contribution in [-0.4, -0.2) is 37.7 Å². The lowest BCUT2D eigenvalue weighted by Gasteiger charge is -2.31. The van der Waals surface area contributed by atoms with Crippen molar-refractivity contribution in [2.24, 2.45) is 11.8 Å². The van der Waals surface area contributed by atoms with Crippen molar-refractivity contribution in [3.63, 3.8) is 0 Å². The lowest BCUT2D eigenvalue weighted by Crippen LogP contribution is -2.37. The molecule has 142 valence electrons. The molecule has 0 spiro atoms. The summed E-state index contributed by atoms with van der Waals surface area (Å²) in [6, 6.07) is 3.95. The Morgan fingerprint density at radius 2 is 2.00 bits per heavy atom. The monoisotopic (exact) mass is 367 g/mol. The number of amides is 1. The normalized spacial score (nSPS) is 25.5. The van der Waals surface area contributed by atoms with E-state index in [0.29, 0.717) is 12.5 Å². The van der Waals surface area contributed by atoms with Crippen molar-refractivity contribution in [2.75, 3.05) is 6.61 Å². The number of hydrogen-bond donors (Lipinski definition) is 0. The van der Waals surface area contributed by atoms with Crippen molar-refractivity contribution in [1.82, 2.24) is 25.2 Å². The maximum absolute atomic E-state index is 13.0. The fraction of sp³-hybridized carbons (Fsp3) is 0.550. The van der Waals surface area contributed by atoms with E-state index >= 15 is 0 Å². The Kier molecular flexibility index (Phi) is 5.38. The molecule has 0 radical (unpaired) electrons. The van der Waals surface area contributed by atoms with Crippen molar-refractivity contribution in [1.29, 1.82) is 0 Å². The molecule has 1 saturated carbocycles.